The number of carbonyl (C=O) groups is 1. The topological polar surface area (TPSA) is 107 Å². The molecule has 8 nitrogen and oxygen atoms in total. The molecule has 0 saturated carbocycles. The first kappa shape index (κ1) is 19.3. The monoisotopic (exact) mass is 375 g/mol. The highest BCUT2D eigenvalue weighted by atomic mass is 16.5. The van der Waals surface area contributed by atoms with E-state index in [1.807, 2.05) is 6.92 Å². The van der Waals surface area contributed by atoms with Crippen molar-refractivity contribution in [1.29, 1.82) is 0 Å². The first-order valence-electron chi connectivity index (χ1n) is 9.11. The molecule has 0 aliphatic carbocycles. The summed E-state index contributed by atoms with van der Waals surface area (Å²) in [5.41, 5.74) is 2.29. The SMILES string of the molecule is Cc1onc(C2CCOCC2)c1COc1ccc(C(=O)N[C@@H](C)CO)cn1. The van der Waals surface area contributed by atoms with Crippen LogP contribution < -0.4 is 10.1 Å². The largest absolute Gasteiger partial charge is 0.473 e. The molecule has 1 amide bonds. The van der Waals surface area contributed by atoms with Gasteiger partial charge in [0, 0.05) is 37.4 Å². The lowest BCUT2D eigenvalue weighted by atomic mass is 9.93. The van der Waals surface area contributed by atoms with Crippen molar-refractivity contribution in [2.24, 2.45) is 0 Å². The summed E-state index contributed by atoms with van der Waals surface area (Å²) in [6.07, 6.45) is 3.30. The molecule has 2 aromatic rings. The van der Waals surface area contributed by atoms with Crippen LogP contribution >= 0.6 is 0 Å². The van der Waals surface area contributed by atoms with Crippen LogP contribution in [0.25, 0.3) is 0 Å². The van der Waals surface area contributed by atoms with Gasteiger partial charge in [0.2, 0.25) is 5.88 Å². The number of rotatable bonds is 7. The molecular weight excluding hydrogens is 350 g/mol. The van der Waals surface area contributed by atoms with E-state index in [0.29, 0.717) is 24.0 Å². The third-order valence-electron chi connectivity index (χ3n) is 4.64. The summed E-state index contributed by atoms with van der Waals surface area (Å²) in [5, 5.41) is 15.9. The van der Waals surface area contributed by atoms with Crippen LogP contribution in [0.15, 0.2) is 22.9 Å². The van der Waals surface area contributed by atoms with Gasteiger partial charge in [-0.15, -0.1) is 0 Å². The van der Waals surface area contributed by atoms with Crippen LogP contribution in [0.3, 0.4) is 0 Å². The van der Waals surface area contributed by atoms with Gasteiger partial charge < -0.3 is 24.4 Å². The fourth-order valence-electron chi connectivity index (χ4n) is 2.97. The van der Waals surface area contributed by atoms with Gasteiger partial charge in [-0.25, -0.2) is 4.98 Å². The van der Waals surface area contributed by atoms with Gasteiger partial charge in [0.15, 0.2) is 0 Å². The van der Waals surface area contributed by atoms with E-state index in [2.05, 4.69) is 15.5 Å². The van der Waals surface area contributed by atoms with Gasteiger partial charge in [-0.2, -0.15) is 0 Å². The second kappa shape index (κ2) is 8.96. The molecule has 0 radical (unpaired) electrons. The van der Waals surface area contributed by atoms with Gasteiger partial charge in [0.05, 0.1) is 23.4 Å². The molecule has 1 aliphatic heterocycles. The van der Waals surface area contributed by atoms with Crippen molar-refractivity contribution in [3.8, 4) is 5.88 Å². The molecule has 2 aromatic heterocycles. The molecular formula is C19H25N3O5. The maximum atomic E-state index is 12.0. The Bertz CT molecular complexity index is 753. The smallest absolute Gasteiger partial charge is 0.253 e. The van der Waals surface area contributed by atoms with Gasteiger partial charge >= 0.3 is 0 Å². The molecule has 8 heteroatoms. The standard InChI is InChI=1S/C19H25N3O5/c1-12(10-23)21-19(24)15-3-4-17(20-9-15)26-11-16-13(2)27-22-18(16)14-5-7-25-8-6-14/h3-4,9,12,14,23H,5-8,10-11H2,1-2H3,(H,21,24)/t12-/m0/s1. The quantitative estimate of drug-likeness (QED) is 0.762. The number of nitrogens with zero attached hydrogens (tertiary/aromatic N) is 2. The van der Waals surface area contributed by atoms with E-state index < -0.39 is 0 Å². The number of aliphatic hydroxyl groups excluding tert-OH is 1. The molecule has 1 aliphatic rings. The van der Waals surface area contributed by atoms with Crippen LogP contribution in [0.4, 0.5) is 0 Å². The average molecular weight is 375 g/mol. The molecule has 27 heavy (non-hydrogen) atoms. The molecule has 2 N–H and O–H groups in total. The van der Waals surface area contributed by atoms with E-state index in [4.69, 9.17) is 19.1 Å². The molecule has 146 valence electrons. The summed E-state index contributed by atoms with van der Waals surface area (Å²) < 4.78 is 16.6. The molecule has 0 unspecified atom stereocenters. The molecule has 0 spiro atoms. The Morgan fingerprint density at radius 3 is 2.85 bits per heavy atom. The van der Waals surface area contributed by atoms with Gasteiger partial charge in [0.1, 0.15) is 12.4 Å². The Morgan fingerprint density at radius 1 is 1.41 bits per heavy atom. The Labute approximate surface area is 157 Å². The highest BCUT2D eigenvalue weighted by molar-refractivity contribution is 5.94. The second-order valence-electron chi connectivity index (χ2n) is 6.72. The normalized spacial score (nSPS) is 16.1. The van der Waals surface area contributed by atoms with Crippen molar-refractivity contribution in [2.45, 2.75) is 45.3 Å². The summed E-state index contributed by atoms with van der Waals surface area (Å²) in [4.78, 5) is 16.2. The van der Waals surface area contributed by atoms with E-state index in [0.717, 1.165) is 43.1 Å². The first-order valence-corrected chi connectivity index (χ1v) is 9.11. The highest BCUT2D eigenvalue weighted by Gasteiger charge is 2.24. The number of aliphatic hydroxyl groups is 1. The summed E-state index contributed by atoms with van der Waals surface area (Å²) in [5.74, 6) is 1.19. The number of ether oxygens (including phenoxy) is 2. The van der Waals surface area contributed by atoms with E-state index in [-0.39, 0.29) is 18.6 Å². The number of aromatic nitrogens is 2. The van der Waals surface area contributed by atoms with Gasteiger partial charge in [-0.1, -0.05) is 5.16 Å². The highest BCUT2D eigenvalue weighted by Crippen LogP contribution is 2.30. The molecule has 1 fully saturated rings. The van der Waals surface area contributed by atoms with Gasteiger partial charge in [-0.3, -0.25) is 4.79 Å². The molecule has 0 bridgehead atoms. The van der Waals surface area contributed by atoms with Crippen molar-refractivity contribution in [3.63, 3.8) is 0 Å². The van der Waals surface area contributed by atoms with Crippen molar-refractivity contribution >= 4 is 5.91 Å². The van der Waals surface area contributed by atoms with Crippen LogP contribution in [-0.4, -0.2) is 47.0 Å². The van der Waals surface area contributed by atoms with Crippen molar-refractivity contribution in [2.75, 3.05) is 19.8 Å². The minimum Gasteiger partial charge on any atom is -0.473 e. The molecule has 3 heterocycles. The Balaban J connectivity index is 1.62. The Morgan fingerprint density at radius 2 is 2.19 bits per heavy atom. The van der Waals surface area contributed by atoms with Crippen molar-refractivity contribution in [1.82, 2.24) is 15.5 Å². The number of carbonyl (C=O) groups excluding carboxylic acids is 1. The molecule has 1 atom stereocenters. The molecule has 0 aromatic carbocycles. The van der Waals surface area contributed by atoms with Crippen LogP contribution in [-0.2, 0) is 11.3 Å². The predicted octanol–water partition coefficient (Wildman–Crippen LogP) is 1.96. The lowest BCUT2D eigenvalue weighted by Crippen LogP contribution is -2.35. The summed E-state index contributed by atoms with van der Waals surface area (Å²) in [7, 11) is 0. The fourth-order valence-corrected chi connectivity index (χ4v) is 2.97. The van der Waals surface area contributed by atoms with Gasteiger partial charge in [0.25, 0.3) is 5.91 Å². The van der Waals surface area contributed by atoms with E-state index in [1.54, 1.807) is 19.1 Å². The third kappa shape index (κ3) is 4.84. The minimum absolute atomic E-state index is 0.117. The van der Waals surface area contributed by atoms with E-state index >= 15 is 0 Å². The fraction of sp³-hybridized carbons (Fsp3) is 0.526. The number of nitrogens with one attached hydrogen (secondary N) is 1. The number of aryl methyl sites for hydroxylation is 1. The van der Waals surface area contributed by atoms with E-state index in [9.17, 15) is 4.79 Å². The summed E-state index contributed by atoms with van der Waals surface area (Å²) >= 11 is 0. The zero-order valence-electron chi connectivity index (χ0n) is 15.6. The third-order valence-corrected chi connectivity index (χ3v) is 4.64. The van der Waals surface area contributed by atoms with E-state index in [1.165, 1.54) is 6.20 Å². The van der Waals surface area contributed by atoms with Crippen LogP contribution in [0, 0.1) is 6.92 Å². The Kier molecular flexibility index (Phi) is 6.41. The Hall–Kier alpha value is -2.45. The first-order chi connectivity index (χ1) is 13.1. The lowest BCUT2D eigenvalue weighted by Gasteiger charge is -2.20. The minimum atomic E-state index is -0.311. The van der Waals surface area contributed by atoms with Crippen molar-refractivity contribution in [3.05, 3.63) is 40.9 Å². The second-order valence-corrected chi connectivity index (χ2v) is 6.72. The maximum Gasteiger partial charge on any atom is 0.253 e. The van der Waals surface area contributed by atoms with Crippen LogP contribution in [0.5, 0.6) is 5.88 Å². The molecule has 1 saturated heterocycles. The zero-order valence-corrected chi connectivity index (χ0v) is 15.6. The number of hydrogen-bond acceptors (Lipinski definition) is 7. The molecule has 3 rings (SSSR count). The van der Waals surface area contributed by atoms with Crippen LogP contribution in [0.2, 0.25) is 0 Å². The van der Waals surface area contributed by atoms with Crippen LogP contribution in [0.1, 0.15) is 53.1 Å². The number of hydrogen-bond donors (Lipinski definition) is 2. The average Bonchev–Trinajstić information content (AvgIpc) is 3.07. The van der Waals surface area contributed by atoms with Gasteiger partial charge in [-0.05, 0) is 32.8 Å². The summed E-state index contributed by atoms with van der Waals surface area (Å²) in [6, 6.07) is 2.98. The number of pyridine rings is 1. The lowest BCUT2D eigenvalue weighted by molar-refractivity contribution is 0.0834. The maximum absolute atomic E-state index is 12.0. The number of amides is 1. The predicted molar refractivity (Wildman–Crippen MR) is 96.6 cm³/mol. The summed E-state index contributed by atoms with van der Waals surface area (Å²) in [6.45, 7) is 5.25. The van der Waals surface area contributed by atoms with Crippen molar-refractivity contribution < 1.29 is 23.9 Å². The zero-order chi connectivity index (χ0) is 19.2.